The molecule has 0 bridgehead atoms. The van der Waals surface area contributed by atoms with Gasteiger partial charge in [-0.3, -0.25) is 9.69 Å². The van der Waals surface area contributed by atoms with Crippen LogP contribution in [0.5, 0.6) is 0 Å². The molecule has 1 aliphatic heterocycles. The minimum absolute atomic E-state index is 0.215. The van der Waals surface area contributed by atoms with Crippen LogP contribution in [0.15, 0.2) is 53.4 Å². The lowest BCUT2D eigenvalue weighted by molar-refractivity contribution is -0.133. The Balaban J connectivity index is 1.04. The maximum Gasteiger partial charge on any atom is 0.226 e. The first-order valence-electron chi connectivity index (χ1n) is 11.7. The first-order chi connectivity index (χ1) is 15.6. The van der Waals surface area contributed by atoms with Crippen LogP contribution < -0.4 is 0 Å². The van der Waals surface area contributed by atoms with Crippen LogP contribution in [0.3, 0.4) is 0 Å². The van der Waals surface area contributed by atoms with E-state index in [2.05, 4.69) is 52.3 Å². The van der Waals surface area contributed by atoms with E-state index < -0.39 is 0 Å². The highest BCUT2D eigenvalue weighted by molar-refractivity contribution is 7.07. The second kappa shape index (κ2) is 7.82. The Bertz CT molecular complexity index is 1150. The van der Waals surface area contributed by atoms with Gasteiger partial charge in [-0.1, -0.05) is 42.5 Å². The van der Waals surface area contributed by atoms with Crippen molar-refractivity contribution in [3.63, 3.8) is 0 Å². The maximum atomic E-state index is 13.0. The van der Waals surface area contributed by atoms with Crippen molar-refractivity contribution in [2.75, 3.05) is 20.1 Å². The number of thiazole rings is 1. The molecule has 1 amide bonds. The van der Waals surface area contributed by atoms with E-state index >= 15 is 0 Å². The molecular weight excluding hydrogens is 414 g/mol. The van der Waals surface area contributed by atoms with Crippen LogP contribution in [-0.2, 0) is 24.3 Å². The van der Waals surface area contributed by atoms with Gasteiger partial charge in [0.25, 0.3) is 0 Å². The Morgan fingerprint density at radius 1 is 1.16 bits per heavy atom. The van der Waals surface area contributed by atoms with Crippen molar-refractivity contribution < 1.29 is 4.79 Å². The summed E-state index contributed by atoms with van der Waals surface area (Å²) in [6.07, 6.45) is 4.41. The topological polar surface area (TPSA) is 36.4 Å². The predicted octanol–water partition coefficient (Wildman–Crippen LogP) is 4.98. The summed E-state index contributed by atoms with van der Waals surface area (Å²) in [4.78, 5) is 21.7. The van der Waals surface area contributed by atoms with Crippen molar-refractivity contribution in [3.8, 4) is 11.1 Å². The smallest absolute Gasteiger partial charge is 0.226 e. The lowest BCUT2D eigenvalue weighted by Gasteiger charge is -2.33. The lowest BCUT2D eigenvalue weighted by atomic mass is 9.90. The molecule has 6 rings (SSSR count). The van der Waals surface area contributed by atoms with Gasteiger partial charge in [0.05, 0.1) is 17.7 Å². The molecule has 2 aromatic carbocycles. The fraction of sp³-hybridized carbons (Fsp3) is 0.407. The van der Waals surface area contributed by atoms with E-state index in [-0.39, 0.29) is 11.3 Å². The molecule has 2 heterocycles. The number of fused-ring (bicyclic) bond motifs is 3. The van der Waals surface area contributed by atoms with E-state index in [0.29, 0.717) is 12.5 Å². The molecule has 1 saturated heterocycles. The second-order valence-electron chi connectivity index (χ2n) is 9.89. The first kappa shape index (κ1) is 20.1. The third kappa shape index (κ3) is 3.57. The molecule has 0 N–H and O–H groups in total. The SMILES string of the molecule is CN(Cc1cscn1)C(=O)C1CC12CCN(Cc1ccc3c(c1)Cc1ccccc1-3)CC2. The fourth-order valence-electron chi connectivity index (χ4n) is 5.86. The van der Waals surface area contributed by atoms with Crippen LogP contribution >= 0.6 is 11.3 Å². The second-order valence-corrected chi connectivity index (χ2v) is 10.6. The predicted molar refractivity (Wildman–Crippen MR) is 128 cm³/mol. The third-order valence-corrected chi connectivity index (χ3v) is 8.50. The van der Waals surface area contributed by atoms with Gasteiger partial charge in [0.2, 0.25) is 5.91 Å². The number of carbonyl (C=O) groups is 1. The molecule has 4 nitrogen and oxygen atoms in total. The average molecular weight is 444 g/mol. The van der Waals surface area contributed by atoms with Crippen LogP contribution in [0.4, 0.5) is 0 Å². The van der Waals surface area contributed by atoms with E-state index in [0.717, 1.165) is 51.0 Å². The summed E-state index contributed by atoms with van der Waals surface area (Å²) in [5, 5.41) is 2.03. The average Bonchev–Trinajstić information content (AvgIpc) is 3.13. The molecule has 1 atom stereocenters. The highest BCUT2D eigenvalue weighted by Crippen LogP contribution is 2.60. The molecule has 1 spiro atoms. The summed E-state index contributed by atoms with van der Waals surface area (Å²) in [6, 6.07) is 15.8. The number of hydrogen-bond acceptors (Lipinski definition) is 4. The number of aromatic nitrogens is 1. The molecule has 1 unspecified atom stereocenters. The number of rotatable bonds is 5. The van der Waals surface area contributed by atoms with E-state index in [4.69, 9.17) is 0 Å². The van der Waals surface area contributed by atoms with Gasteiger partial charge in [0.15, 0.2) is 0 Å². The standard InChI is InChI=1S/C27H29N3OS/c1-29(16-22-17-32-18-28-22)26(31)25-14-27(25)8-10-30(11-9-27)15-19-6-7-24-21(12-19)13-20-4-2-3-5-23(20)24/h2-7,12,17-18,25H,8-11,13-16H2,1H3. The highest BCUT2D eigenvalue weighted by Gasteiger charge is 2.58. The monoisotopic (exact) mass is 443 g/mol. The number of benzene rings is 2. The van der Waals surface area contributed by atoms with Crippen molar-refractivity contribution in [1.82, 2.24) is 14.8 Å². The third-order valence-electron chi connectivity index (χ3n) is 7.86. The van der Waals surface area contributed by atoms with E-state index in [1.54, 1.807) is 11.3 Å². The number of likely N-dealkylation sites (tertiary alicyclic amines) is 1. The summed E-state index contributed by atoms with van der Waals surface area (Å²) < 4.78 is 0. The summed E-state index contributed by atoms with van der Waals surface area (Å²) >= 11 is 1.59. The fourth-order valence-corrected chi connectivity index (χ4v) is 6.41. The zero-order chi connectivity index (χ0) is 21.7. The number of piperidine rings is 1. The Morgan fingerprint density at radius 3 is 2.78 bits per heavy atom. The van der Waals surface area contributed by atoms with Crippen molar-refractivity contribution in [2.45, 2.75) is 38.8 Å². The van der Waals surface area contributed by atoms with Gasteiger partial charge in [0, 0.05) is 24.9 Å². The number of nitrogens with zero attached hydrogens (tertiary/aromatic N) is 3. The summed E-state index contributed by atoms with van der Waals surface area (Å²) in [6.45, 7) is 3.83. The minimum Gasteiger partial charge on any atom is -0.340 e. The molecule has 5 heteroatoms. The van der Waals surface area contributed by atoms with Crippen LogP contribution in [0.1, 0.15) is 41.6 Å². The molecule has 2 aliphatic carbocycles. The largest absolute Gasteiger partial charge is 0.340 e. The molecular formula is C27H29N3OS. The minimum atomic E-state index is 0.215. The summed E-state index contributed by atoms with van der Waals surface area (Å²) in [5.41, 5.74) is 10.2. The summed E-state index contributed by atoms with van der Waals surface area (Å²) in [7, 11) is 1.93. The molecule has 3 aliphatic rings. The van der Waals surface area contributed by atoms with E-state index in [9.17, 15) is 4.79 Å². The van der Waals surface area contributed by atoms with Crippen molar-refractivity contribution in [2.24, 2.45) is 11.3 Å². The zero-order valence-corrected chi connectivity index (χ0v) is 19.4. The van der Waals surface area contributed by atoms with Gasteiger partial charge in [-0.05, 0) is 72.0 Å². The van der Waals surface area contributed by atoms with Crippen LogP contribution in [0.25, 0.3) is 11.1 Å². The quantitative estimate of drug-likeness (QED) is 0.437. The van der Waals surface area contributed by atoms with Gasteiger partial charge in [-0.2, -0.15) is 0 Å². The number of hydrogen-bond donors (Lipinski definition) is 0. The zero-order valence-electron chi connectivity index (χ0n) is 18.6. The highest BCUT2D eigenvalue weighted by atomic mass is 32.1. The lowest BCUT2D eigenvalue weighted by Crippen LogP contribution is -2.37. The van der Waals surface area contributed by atoms with Gasteiger partial charge in [-0.25, -0.2) is 4.98 Å². The molecule has 1 saturated carbocycles. The van der Waals surface area contributed by atoms with E-state index in [1.807, 2.05) is 22.8 Å². The molecule has 1 aromatic heterocycles. The van der Waals surface area contributed by atoms with Crippen molar-refractivity contribution >= 4 is 17.2 Å². The van der Waals surface area contributed by atoms with Crippen LogP contribution in [0, 0.1) is 11.3 Å². The molecule has 3 aromatic rings. The normalized spacial score (nSPS) is 20.7. The maximum absolute atomic E-state index is 13.0. The molecule has 0 radical (unpaired) electrons. The van der Waals surface area contributed by atoms with Crippen LogP contribution in [0.2, 0.25) is 0 Å². The first-order valence-corrected chi connectivity index (χ1v) is 12.6. The summed E-state index contributed by atoms with van der Waals surface area (Å²) in [5.74, 6) is 0.524. The van der Waals surface area contributed by atoms with Crippen molar-refractivity contribution in [1.29, 1.82) is 0 Å². The molecule has 164 valence electrons. The Morgan fingerprint density at radius 2 is 1.97 bits per heavy atom. The molecule has 32 heavy (non-hydrogen) atoms. The number of amides is 1. The van der Waals surface area contributed by atoms with Gasteiger partial charge >= 0.3 is 0 Å². The van der Waals surface area contributed by atoms with Gasteiger partial charge < -0.3 is 4.90 Å². The van der Waals surface area contributed by atoms with Crippen LogP contribution in [-0.4, -0.2) is 40.8 Å². The van der Waals surface area contributed by atoms with Gasteiger partial charge in [0.1, 0.15) is 0 Å². The van der Waals surface area contributed by atoms with E-state index in [1.165, 1.54) is 27.8 Å². The van der Waals surface area contributed by atoms with Gasteiger partial charge in [-0.15, -0.1) is 11.3 Å². The Hall–Kier alpha value is -2.50. The van der Waals surface area contributed by atoms with Crippen molar-refractivity contribution in [3.05, 3.63) is 75.7 Å². The molecule has 2 fully saturated rings. The number of carbonyl (C=O) groups excluding carboxylic acids is 1. The Labute approximate surface area is 193 Å². The Kier molecular flexibility index (Phi) is 4.92.